The Morgan fingerprint density at radius 2 is 1.88 bits per heavy atom. The molecule has 2 N–H and O–H groups in total. The van der Waals surface area contributed by atoms with Crippen molar-refractivity contribution in [1.29, 1.82) is 5.26 Å². The molecule has 2 amide bonds. The van der Waals surface area contributed by atoms with Gasteiger partial charge in [-0.25, -0.2) is 0 Å². The van der Waals surface area contributed by atoms with Crippen LogP contribution in [0.15, 0.2) is 42.6 Å². The number of rotatable bonds is 7. The lowest BCUT2D eigenvalue weighted by atomic mass is 10.2. The van der Waals surface area contributed by atoms with E-state index in [1.807, 2.05) is 25.1 Å². The quantitative estimate of drug-likeness (QED) is 0.742. The smallest absolute Gasteiger partial charge is 0.269 e. The van der Waals surface area contributed by atoms with Crippen molar-refractivity contribution < 1.29 is 9.59 Å². The van der Waals surface area contributed by atoms with Crippen LogP contribution < -0.4 is 10.6 Å². The van der Waals surface area contributed by atoms with Gasteiger partial charge < -0.3 is 15.5 Å². The Bertz CT molecular complexity index is 809. The highest BCUT2D eigenvalue weighted by molar-refractivity contribution is 6.05. The lowest BCUT2D eigenvalue weighted by Crippen LogP contribution is -2.28. The van der Waals surface area contributed by atoms with E-state index in [4.69, 9.17) is 5.26 Å². The summed E-state index contributed by atoms with van der Waals surface area (Å²) in [6.07, 6.45) is 2.26. The Morgan fingerprint density at radius 1 is 1.15 bits per heavy atom. The van der Waals surface area contributed by atoms with Crippen molar-refractivity contribution in [2.75, 3.05) is 32.5 Å². The first-order valence-corrected chi connectivity index (χ1v) is 8.20. The van der Waals surface area contributed by atoms with Gasteiger partial charge in [-0.3, -0.25) is 14.6 Å². The topological polar surface area (TPSA) is 98.1 Å². The first kappa shape index (κ1) is 19.1. The number of benzene rings is 1. The van der Waals surface area contributed by atoms with Crippen molar-refractivity contribution >= 4 is 17.5 Å². The molecule has 0 saturated heterocycles. The number of nitrogens with one attached hydrogen (secondary N) is 2. The number of aromatic nitrogens is 1. The molecule has 2 aromatic rings. The van der Waals surface area contributed by atoms with Gasteiger partial charge in [0, 0.05) is 24.0 Å². The van der Waals surface area contributed by atoms with Crippen molar-refractivity contribution in [2.24, 2.45) is 0 Å². The molecule has 0 radical (unpaired) electrons. The lowest BCUT2D eigenvalue weighted by molar-refractivity contribution is 0.0947. The summed E-state index contributed by atoms with van der Waals surface area (Å²) >= 11 is 0. The third-order valence-corrected chi connectivity index (χ3v) is 3.59. The molecule has 0 unspecified atom stereocenters. The third-order valence-electron chi connectivity index (χ3n) is 3.59. The van der Waals surface area contributed by atoms with E-state index in [2.05, 4.69) is 15.6 Å². The van der Waals surface area contributed by atoms with Gasteiger partial charge in [-0.05, 0) is 63.5 Å². The summed E-state index contributed by atoms with van der Waals surface area (Å²) in [6.45, 7) is 1.42. The minimum absolute atomic E-state index is 0.197. The molecule has 134 valence electrons. The van der Waals surface area contributed by atoms with Crippen molar-refractivity contribution in [3.63, 3.8) is 0 Å². The molecule has 1 heterocycles. The Kier molecular flexibility index (Phi) is 6.83. The van der Waals surface area contributed by atoms with Crippen LogP contribution in [0.5, 0.6) is 0 Å². The highest BCUT2D eigenvalue weighted by Crippen LogP contribution is 2.11. The number of hydrogen-bond donors (Lipinski definition) is 2. The Morgan fingerprint density at radius 3 is 2.54 bits per heavy atom. The Hall–Kier alpha value is -3.24. The van der Waals surface area contributed by atoms with E-state index in [0.717, 1.165) is 13.0 Å². The van der Waals surface area contributed by atoms with Gasteiger partial charge in [0.1, 0.15) is 5.69 Å². The molecule has 2 rings (SSSR count). The van der Waals surface area contributed by atoms with Gasteiger partial charge in [-0.1, -0.05) is 0 Å². The van der Waals surface area contributed by atoms with E-state index < -0.39 is 0 Å². The van der Waals surface area contributed by atoms with Crippen molar-refractivity contribution in [3.05, 3.63) is 59.4 Å². The second-order valence-corrected chi connectivity index (χ2v) is 5.99. The number of nitrogens with zero attached hydrogens (tertiary/aromatic N) is 3. The monoisotopic (exact) mass is 351 g/mol. The fourth-order valence-electron chi connectivity index (χ4n) is 2.22. The normalized spacial score (nSPS) is 10.2. The van der Waals surface area contributed by atoms with E-state index in [9.17, 15) is 9.59 Å². The minimum Gasteiger partial charge on any atom is -0.351 e. The van der Waals surface area contributed by atoms with Crippen molar-refractivity contribution in [1.82, 2.24) is 15.2 Å². The third kappa shape index (κ3) is 5.69. The summed E-state index contributed by atoms with van der Waals surface area (Å²) in [5.41, 5.74) is 1.62. The second kappa shape index (κ2) is 9.30. The van der Waals surface area contributed by atoms with Crippen molar-refractivity contribution in [2.45, 2.75) is 6.42 Å². The number of pyridine rings is 1. The van der Waals surface area contributed by atoms with Gasteiger partial charge in [-0.2, -0.15) is 5.26 Å². The second-order valence-electron chi connectivity index (χ2n) is 5.99. The zero-order valence-electron chi connectivity index (χ0n) is 14.8. The van der Waals surface area contributed by atoms with Crippen LogP contribution in [0.25, 0.3) is 0 Å². The molecule has 0 aliphatic carbocycles. The maximum atomic E-state index is 12.3. The van der Waals surface area contributed by atoms with Crippen LogP contribution in [0.2, 0.25) is 0 Å². The van der Waals surface area contributed by atoms with Crippen LogP contribution in [-0.2, 0) is 0 Å². The summed E-state index contributed by atoms with van der Waals surface area (Å²) in [5, 5.41) is 14.3. The van der Waals surface area contributed by atoms with Gasteiger partial charge in [0.15, 0.2) is 0 Å². The number of anilines is 1. The summed E-state index contributed by atoms with van der Waals surface area (Å²) < 4.78 is 0. The lowest BCUT2D eigenvalue weighted by Gasteiger charge is -2.10. The molecule has 0 fully saturated rings. The first-order chi connectivity index (χ1) is 12.5. The molecule has 1 aromatic carbocycles. The largest absolute Gasteiger partial charge is 0.351 e. The molecular weight excluding hydrogens is 330 g/mol. The van der Waals surface area contributed by atoms with Crippen LogP contribution in [0.4, 0.5) is 5.69 Å². The van der Waals surface area contributed by atoms with Gasteiger partial charge in [0.05, 0.1) is 11.6 Å². The molecule has 0 atom stereocenters. The average Bonchev–Trinajstić information content (AvgIpc) is 2.65. The molecule has 26 heavy (non-hydrogen) atoms. The summed E-state index contributed by atoms with van der Waals surface area (Å²) in [5.74, 6) is -0.657. The number of amides is 2. The van der Waals surface area contributed by atoms with E-state index in [-0.39, 0.29) is 17.5 Å². The number of carbonyl (C=O) groups is 2. The molecule has 0 spiro atoms. The molecule has 0 bridgehead atoms. The SMILES string of the molecule is CN(C)CCCNC(=O)c1cc(C(=O)Nc2ccc(C#N)cc2)ccn1. The van der Waals surface area contributed by atoms with Crippen LogP contribution >= 0.6 is 0 Å². The van der Waals surface area contributed by atoms with Crippen LogP contribution in [0.1, 0.15) is 32.8 Å². The van der Waals surface area contributed by atoms with Gasteiger partial charge in [0.25, 0.3) is 11.8 Å². The van der Waals surface area contributed by atoms with Gasteiger partial charge in [-0.15, -0.1) is 0 Å². The molecule has 7 nitrogen and oxygen atoms in total. The van der Waals surface area contributed by atoms with E-state index in [1.54, 1.807) is 30.3 Å². The predicted octanol–water partition coefficient (Wildman–Crippen LogP) is 1.89. The highest BCUT2D eigenvalue weighted by Gasteiger charge is 2.12. The van der Waals surface area contributed by atoms with E-state index >= 15 is 0 Å². The Balaban J connectivity index is 1.97. The molecule has 7 heteroatoms. The summed E-state index contributed by atoms with van der Waals surface area (Å²) in [7, 11) is 3.94. The number of carbonyl (C=O) groups excluding carboxylic acids is 2. The summed E-state index contributed by atoms with van der Waals surface area (Å²) in [4.78, 5) is 30.5. The predicted molar refractivity (Wildman–Crippen MR) is 98.9 cm³/mol. The molecule has 0 saturated carbocycles. The highest BCUT2D eigenvalue weighted by atomic mass is 16.2. The molecule has 1 aromatic heterocycles. The maximum absolute atomic E-state index is 12.3. The number of nitriles is 1. The number of hydrogen-bond acceptors (Lipinski definition) is 5. The van der Waals surface area contributed by atoms with Gasteiger partial charge in [0.2, 0.25) is 0 Å². The maximum Gasteiger partial charge on any atom is 0.269 e. The molecular formula is C19H21N5O2. The molecule has 0 aliphatic rings. The Labute approximate surface area is 152 Å². The van der Waals surface area contributed by atoms with Crippen LogP contribution in [0.3, 0.4) is 0 Å². The van der Waals surface area contributed by atoms with E-state index in [0.29, 0.717) is 23.4 Å². The van der Waals surface area contributed by atoms with Gasteiger partial charge >= 0.3 is 0 Å². The standard InChI is InChI=1S/C19H21N5O2/c1-24(2)11-3-9-22-19(26)17-12-15(8-10-21-17)18(25)23-16-6-4-14(13-20)5-7-16/h4-8,10,12H,3,9,11H2,1-2H3,(H,22,26)(H,23,25). The fraction of sp³-hybridized carbons (Fsp3) is 0.263. The van der Waals surface area contributed by atoms with Crippen molar-refractivity contribution in [3.8, 4) is 6.07 Å². The minimum atomic E-state index is -0.348. The van der Waals surface area contributed by atoms with Crippen LogP contribution in [0, 0.1) is 11.3 Å². The fourth-order valence-corrected chi connectivity index (χ4v) is 2.22. The average molecular weight is 351 g/mol. The molecule has 0 aliphatic heterocycles. The van der Waals surface area contributed by atoms with E-state index in [1.165, 1.54) is 12.3 Å². The zero-order chi connectivity index (χ0) is 18.9. The summed E-state index contributed by atoms with van der Waals surface area (Å²) in [6, 6.07) is 11.6. The first-order valence-electron chi connectivity index (χ1n) is 8.20. The van der Waals surface area contributed by atoms with Crippen LogP contribution in [-0.4, -0.2) is 48.9 Å². The zero-order valence-corrected chi connectivity index (χ0v) is 14.8.